The standard InChI is InChI=1S/C15H12F3NO2/c1-9-3-2-4-11(5-9)21-15(20)19-8-10-6-13(17)14(18)7-12(10)16/h2-7H,8H2,1H3,(H,19,20). The average molecular weight is 295 g/mol. The second-order valence-electron chi connectivity index (χ2n) is 4.42. The number of hydrogen-bond acceptors (Lipinski definition) is 2. The van der Waals surface area contributed by atoms with E-state index in [0.717, 1.165) is 5.56 Å². The first-order chi connectivity index (χ1) is 9.95. The van der Waals surface area contributed by atoms with Crippen molar-refractivity contribution in [3.05, 3.63) is 65.0 Å². The highest BCUT2D eigenvalue weighted by atomic mass is 19.2. The number of nitrogens with one attached hydrogen (secondary N) is 1. The van der Waals surface area contributed by atoms with Crippen LogP contribution in [0.3, 0.4) is 0 Å². The summed E-state index contributed by atoms with van der Waals surface area (Å²) in [5.74, 6) is -3.07. The van der Waals surface area contributed by atoms with Gasteiger partial charge in [-0.1, -0.05) is 12.1 Å². The minimum atomic E-state index is -1.28. The van der Waals surface area contributed by atoms with E-state index in [1.807, 2.05) is 13.0 Å². The third-order valence-electron chi connectivity index (χ3n) is 2.71. The van der Waals surface area contributed by atoms with E-state index in [-0.39, 0.29) is 12.1 Å². The number of halogens is 3. The molecule has 0 aliphatic rings. The van der Waals surface area contributed by atoms with Crippen molar-refractivity contribution in [2.24, 2.45) is 0 Å². The highest BCUT2D eigenvalue weighted by Gasteiger charge is 2.11. The van der Waals surface area contributed by atoms with Gasteiger partial charge in [0.15, 0.2) is 11.6 Å². The Hall–Kier alpha value is -2.50. The first kappa shape index (κ1) is 14.9. The molecular weight excluding hydrogens is 283 g/mol. The van der Waals surface area contributed by atoms with Crippen LogP contribution in [0.1, 0.15) is 11.1 Å². The first-order valence-corrected chi connectivity index (χ1v) is 6.11. The van der Waals surface area contributed by atoms with Crippen LogP contribution in [0, 0.1) is 24.4 Å². The highest BCUT2D eigenvalue weighted by molar-refractivity contribution is 5.70. The zero-order valence-electron chi connectivity index (χ0n) is 11.1. The van der Waals surface area contributed by atoms with Crippen LogP contribution in [0.15, 0.2) is 36.4 Å². The monoisotopic (exact) mass is 295 g/mol. The molecule has 0 saturated carbocycles. The zero-order valence-corrected chi connectivity index (χ0v) is 11.1. The van der Waals surface area contributed by atoms with E-state index in [2.05, 4.69) is 5.32 Å². The lowest BCUT2D eigenvalue weighted by atomic mass is 10.2. The molecule has 6 heteroatoms. The maximum Gasteiger partial charge on any atom is 0.412 e. The van der Waals surface area contributed by atoms with Crippen molar-refractivity contribution in [1.29, 1.82) is 0 Å². The molecule has 110 valence electrons. The predicted molar refractivity (Wildman–Crippen MR) is 70.4 cm³/mol. The molecule has 0 aliphatic carbocycles. The topological polar surface area (TPSA) is 38.3 Å². The molecule has 21 heavy (non-hydrogen) atoms. The van der Waals surface area contributed by atoms with Gasteiger partial charge in [0.1, 0.15) is 11.6 Å². The molecule has 0 heterocycles. The van der Waals surface area contributed by atoms with E-state index in [4.69, 9.17) is 4.74 Å². The quantitative estimate of drug-likeness (QED) is 0.877. The third kappa shape index (κ3) is 3.98. The summed E-state index contributed by atoms with van der Waals surface area (Å²) in [6.07, 6.45) is -0.815. The normalized spacial score (nSPS) is 10.3. The smallest absolute Gasteiger partial charge is 0.410 e. The summed E-state index contributed by atoms with van der Waals surface area (Å²) in [4.78, 5) is 11.5. The van der Waals surface area contributed by atoms with Gasteiger partial charge in [0, 0.05) is 18.2 Å². The van der Waals surface area contributed by atoms with Gasteiger partial charge in [-0.2, -0.15) is 0 Å². The fourth-order valence-corrected chi connectivity index (χ4v) is 1.69. The third-order valence-corrected chi connectivity index (χ3v) is 2.71. The van der Waals surface area contributed by atoms with Crippen LogP contribution >= 0.6 is 0 Å². The molecule has 0 aromatic heterocycles. The van der Waals surface area contributed by atoms with Crippen molar-refractivity contribution in [3.8, 4) is 5.75 Å². The molecule has 0 aliphatic heterocycles. The largest absolute Gasteiger partial charge is 0.412 e. The summed E-state index contributed by atoms with van der Waals surface area (Å²) in [7, 11) is 0. The van der Waals surface area contributed by atoms with Crippen LogP contribution in [0.4, 0.5) is 18.0 Å². The summed E-state index contributed by atoms with van der Waals surface area (Å²) in [6, 6.07) is 7.91. The van der Waals surface area contributed by atoms with Crippen LogP contribution in [-0.4, -0.2) is 6.09 Å². The molecule has 0 spiro atoms. The number of aryl methyl sites for hydroxylation is 1. The molecular formula is C15H12F3NO2. The summed E-state index contributed by atoms with van der Waals surface area (Å²) in [6.45, 7) is 1.52. The van der Waals surface area contributed by atoms with Gasteiger partial charge in [-0.3, -0.25) is 0 Å². The van der Waals surface area contributed by atoms with Crippen LogP contribution in [0.25, 0.3) is 0 Å². The lowest BCUT2D eigenvalue weighted by Crippen LogP contribution is -2.26. The lowest BCUT2D eigenvalue weighted by Gasteiger charge is -2.08. The van der Waals surface area contributed by atoms with E-state index < -0.39 is 23.5 Å². The minimum Gasteiger partial charge on any atom is -0.410 e. The molecule has 2 aromatic rings. The van der Waals surface area contributed by atoms with Gasteiger partial charge in [0.05, 0.1) is 0 Å². The Morgan fingerprint density at radius 1 is 1.10 bits per heavy atom. The molecule has 0 fully saturated rings. The molecule has 1 amide bonds. The molecule has 1 N–H and O–H groups in total. The van der Waals surface area contributed by atoms with Crippen molar-refractivity contribution < 1.29 is 22.7 Å². The average Bonchev–Trinajstić information content (AvgIpc) is 2.41. The Morgan fingerprint density at radius 2 is 1.81 bits per heavy atom. The van der Waals surface area contributed by atoms with Crippen LogP contribution in [0.5, 0.6) is 5.75 Å². The van der Waals surface area contributed by atoms with Crippen molar-refractivity contribution >= 4 is 6.09 Å². The first-order valence-electron chi connectivity index (χ1n) is 6.11. The van der Waals surface area contributed by atoms with Gasteiger partial charge in [0.25, 0.3) is 0 Å². The summed E-state index contributed by atoms with van der Waals surface area (Å²) in [5, 5.41) is 2.26. The van der Waals surface area contributed by atoms with Gasteiger partial charge >= 0.3 is 6.09 Å². The van der Waals surface area contributed by atoms with E-state index in [0.29, 0.717) is 17.9 Å². The predicted octanol–water partition coefficient (Wildman–Crippen LogP) is 3.70. The second-order valence-corrected chi connectivity index (χ2v) is 4.42. The fraction of sp³-hybridized carbons (Fsp3) is 0.133. The maximum absolute atomic E-state index is 13.4. The number of ether oxygens (including phenoxy) is 1. The van der Waals surface area contributed by atoms with E-state index in [9.17, 15) is 18.0 Å². The number of rotatable bonds is 3. The van der Waals surface area contributed by atoms with Gasteiger partial charge < -0.3 is 10.1 Å². The molecule has 0 saturated heterocycles. The Balaban J connectivity index is 1.97. The Bertz CT molecular complexity index is 674. The van der Waals surface area contributed by atoms with Gasteiger partial charge in [-0.15, -0.1) is 0 Å². The fourth-order valence-electron chi connectivity index (χ4n) is 1.69. The summed E-state index contributed by atoms with van der Waals surface area (Å²) in [5.41, 5.74) is 0.738. The van der Waals surface area contributed by atoms with Crippen molar-refractivity contribution in [2.75, 3.05) is 0 Å². The van der Waals surface area contributed by atoms with Gasteiger partial charge in [0.2, 0.25) is 0 Å². The summed E-state index contributed by atoms with van der Waals surface area (Å²) >= 11 is 0. The zero-order chi connectivity index (χ0) is 15.4. The Morgan fingerprint density at radius 3 is 2.52 bits per heavy atom. The minimum absolute atomic E-state index is 0.171. The molecule has 0 bridgehead atoms. The lowest BCUT2D eigenvalue weighted by molar-refractivity contribution is 0.200. The maximum atomic E-state index is 13.4. The molecule has 0 unspecified atom stereocenters. The number of carbonyl (C=O) groups excluding carboxylic acids is 1. The van der Waals surface area contributed by atoms with Crippen molar-refractivity contribution in [2.45, 2.75) is 13.5 Å². The van der Waals surface area contributed by atoms with E-state index >= 15 is 0 Å². The molecule has 2 aromatic carbocycles. The molecule has 0 radical (unpaired) electrons. The SMILES string of the molecule is Cc1cccc(OC(=O)NCc2cc(F)c(F)cc2F)c1. The Labute approximate surface area is 119 Å². The van der Waals surface area contributed by atoms with Crippen LogP contribution < -0.4 is 10.1 Å². The van der Waals surface area contributed by atoms with Gasteiger partial charge in [-0.05, 0) is 30.7 Å². The molecule has 3 nitrogen and oxygen atoms in total. The number of carbonyl (C=O) groups is 1. The number of hydrogen-bond donors (Lipinski definition) is 1. The highest BCUT2D eigenvalue weighted by Crippen LogP contribution is 2.14. The Kier molecular flexibility index (Phi) is 4.47. The molecule has 0 atom stereocenters. The van der Waals surface area contributed by atoms with Crippen molar-refractivity contribution in [3.63, 3.8) is 0 Å². The van der Waals surface area contributed by atoms with Crippen LogP contribution in [-0.2, 0) is 6.54 Å². The van der Waals surface area contributed by atoms with Crippen LogP contribution in [0.2, 0.25) is 0 Å². The number of benzene rings is 2. The van der Waals surface area contributed by atoms with E-state index in [1.54, 1.807) is 18.2 Å². The second kappa shape index (κ2) is 6.30. The molecule has 2 rings (SSSR count). The number of amides is 1. The summed E-state index contributed by atoms with van der Waals surface area (Å²) < 4.78 is 44.1. The van der Waals surface area contributed by atoms with Gasteiger partial charge in [-0.25, -0.2) is 18.0 Å². The van der Waals surface area contributed by atoms with E-state index in [1.165, 1.54) is 0 Å². The van der Waals surface area contributed by atoms with Crippen molar-refractivity contribution in [1.82, 2.24) is 5.32 Å².